The topological polar surface area (TPSA) is 55.4 Å². The molecular weight excluding hydrogens is 290 g/mol. The lowest BCUT2D eigenvalue weighted by atomic mass is 10.0. The molecule has 1 N–H and O–H groups in total. The highest BCUT2D eigenvalue weighted by Crippen LogP contribution is 2.19. The minimum atomic E-state index is -0.577. The molecule has 0 spiro atoms. The van der Waals surface area contributed by atoms with Crippen molar-refractivity contribution in [3.8, 4) is 0 Å². The summed E-state index contributed by atoms with van der Waals surface area (Å²) >= 11 is 0. The second-order valence-corrected chi connectivity index (χ2v) is 5.18. The maximum absolute atomic E-state index is 12.3. The molecule has 0 heterocycles. The molecule has 2 rings (SSSR count). The molecule has 0 atom stereocenters. The third kappa shape index (κ3) is 4.07. The van der Waals surface area contributed by atoms with Gasteiger partial charge in [-0.3, -0.25) is 4.79 Å². The van der Waals surface area contributed by atoms with Crippen LogP contribution in [-0.2, 0) is 9.53 Å². The Bertz CT molecular complexity index is 731. The van der Waals surface area contributed by atoms with Gasteiger partial charge >= 0.3 is 5.97 Å². The Balaban J connectivity index is 2.37. The summed E-state index contributed by atoms with van der Waals surface area (Å²) in [7, 11) is 1.29. The summed E-state index contributed by atoms with van der Waals surface area (Å²) in [5.41, 5.74) is 3.25. The molecule has 0 fully saturated rings. The second-order valence-electron chi connectivity index (χ2n) is 5.18. The van der Waals surface area contributed by atoms with E-state index in [2.05, 4.69) is 5.32 Å². The van der Waals surface area contributed by atoms with Crippen LogP contribution >= 0.6 is 0 Å². The number of nitrogens with one attached hydrogen (secondary N) is 1. The molecule has 0 aliphatic heterocycles. The highest BCUT2D eigenvalue weighted by molar-refractivity contribution is 6.05. The number of allylic oxidation sites excluding steroid dienone is 1. The fourth-order valence-corrected chi connectivity index (χ4v) is 2.12. The SMILES string of the molecule is COC(=O)/C(NC(=O)c1ccccc1)=C(\C)c1ccc(C)cc1. The average molecular weight is 309 g/mol. The molecular formula is C19H19NO3. The van der Waals surface area contributed by atoms with Crippen molar-refractivity contribution >= 4 is 17.4 Å². The largest absolute Gasteiger partial charge is 0.464 e. The van der Waals surface area contributed by atoms with E-state index in [0.717, 1.165) is 11.1 Å². The molecule has 2 aromatic rings. The van der Waals surface area contributed by atoms with Crippen LogP contribution in [0.25, 0.3) is 5.57 Å². The van der Waals surface area contributed by atoms with E-state index in [9.17, 15) is 9.59 Å². The Kier molecular flexibility index (Phi) is 5.31. The molecule has 0 aliphatic carbocycles. The van der Waals surface area contributed by atoms with Crippen molar-refractivity contribution in [3.63, 3.8) is 0 Å². The molecule has 0 unspecified atom stereocenters. The number of ether oxygens (including phenoxy) is 1. The van der Waals surface area contributed by atoms with Crippen molar-refractivity contribution < 1.29 is 14.3 Å². The lowest BCUT2D eigenvalue weighted by molar-refractivity contribution is -0.136. The van der Waals surface area contributed by atoms with E-state index in [-0.39, 0.29) is 11.6 Å². The molecule has 0 aromatic heterocycles. The van der Waals surface area contributed by atoms with Crippen molar-refractivity contribution in [2.75, 3.05) is 7.11 Å². The number of methoxy groups -OCH3 is 1. The van der Waals surface area contributed by atoms with Gasteiger partial charge in [-0.05, 0) is 37.1 Å². The van der Waals surface area contributed by atoms with E-state index in [1.54, 1.807) is 31.2 Å². The van der Waals surface area contributed by atoms with Crippen molar-refractivity contribution in [3.05, 3.63) is 77.0 Å². The zero-order chi connectivity index (χ0) is 16.8. The van der Waals surface area contributed by atoms with Crippen LogP contribution in [0.3, 0.4) is 0 Å². The van der Waals surface area contributed by atoms with Crippen LogP contribution in [-0.4, -0.2) is 19.0 Å². The molecule has 0 radical (unpaired) electrons. The van der Waals surface area contributed by atoms with Gasteiger partial charge in [0.25, 0.3) is 5.91 Å². The lowest BCUT2D eigenvalue weighted by Crippen LogP contribution is -2.29. The Morgan fingerprint density at radius 1 is 0.913 bits per heavy atom. The first kappa shape index (κ1) is 16.5. The molecule has 23 heavy (non-hydrogen) atoms. The number of carbonyl (C=O) groups is 2. The lowest BCUT2D eigenvalue weighted by Gasteiger charge is -2.12. The number of aryl methyl sites for hydroxylation is 1. The molecule has 0 bridgehead atoms. The predicted molar refractivity (Wildman–Crippen MR) is 89.7 cm³/mol. The highest BCUT2D eigenvalue weighted by atomic mass is 16.5. The Hall–Kier alpha value is -2.88. The first-order valence-electron chi connectivity index (χ1n) is 7.25. The molecule has 4 nitrogen and oxygen atoms in total. The summed E-state index contributed by atoms with van der Waals surface area (Å²) in [4.78, 5) is 24.4. The molecule has 1 amide bonds. The van der Waals surface area contributed by atoms with Gasteiger partial charge in [-0.1, -0.05) is 48.0 Å². The van der Waals surface area contributed by atoms with Crippen LogP contribution in [0.5, 0.6) is 0 Å². The van der Waals surface area contributed by atoms with Crippen molar-refractivity contribution in [2.45, 2.75) is 13.8 Å². The fourth-order valence-electron chi connectivity index (χ4n) is 2.12. The quantitative estimate of drug-likeness (QED) is 0.696. The van der Waals surface area contributed by atoms with Gasteiger partial charge < -0.3 is 10.1 Å². The van der Waals surface area contributed by atoms with E-state index >= 15 is 0 Å². The first-order chi connectivity index (χ1) is 11.0. The minimum Gasteiger partial charge on any atom is -0.464 e. The summed E-state index contributed by atoms with van der Waals surface area (Å²) in [5, 5.41) is 2.66. The van der Waals surface area contributed by atoms with Gasteiger partial charge in [0.15, 0.2) is 0 Å². The molecule has 4 heteroatoms. The van der Waals surface area contributed by atoms with E-state index in [1.165, 1.54) is 7.11 Å². The highest BCUT2D eigenvalue weighted by Gasteiger charge is 2.18. The molecule has 118 valence electrons. The van der Waals surface area contributed by atoms with Gasteiger partial charge in [0.2, 0.25) is 0 Å². The number of carbonyl (C=O) groups excluding carboxylic acids is 2. The van der Waals surface area contributed by atoms with Crippen LogP contribution in [0.4, 0.5) is 0 Å². The Labute approximate surface area is 135 Å². The fraction of sp³-hybridized carbons (Fsp3) is 0.158. The van der Waals surface area contributed by atoms with Crippen molar-refractivity contribution in [2.24, 2.45) is 0 Å². The van der Waals surface area contributed by atoms with Crippen LogP contribution in [0.2, 0.25) is 0 Å². The van der Waals surface area contributed by atoms with Crippen LogP contribution in [0.1, 0.15) is 28.4 Å². The number of rotatable bonds is 4. The van der Waals surface area contributed by atoms with Gasteiger partial charge in [0.1, 0.15) is 5.70 Å². The zero-order valence-electron chi connectivity index (χ0n) is 13.4. The molecule has 2 aromatic carbocycles. The van der Waals surface area contributed by atoms with Crippen molar-refractivity contribution in [1.29, 1.82) is 0 Å². The van der Waals surface area contributed by atoms with Crippen LogP contribution < -0.4 is 5.32 Å². The smallest absolute Gasteiger partial charge is 0.354 e. The zero-order valence-corrected chi connectivity index (χ0v) is 13.4. The summed E-state index contributed by atoms with van der Waals surface area (Å²) in [5.74, 6) is -0.926. The summed E-state index contributed by atoms with van der Waals surface area (Å²) < 4.78 is 4.80. The maximum atomic E-state index is 12.3. The van der Waals surface area contributed by atoms with Gasteiger partial charge in [-0.25, -0.2) is 4.79 Å². The summed E-state index contributed by atoms with van der Waals surface area (Å²) in [6.45, 7) is 3.77. The Morgan fingerprint density at radius 2 is 1.52 bits per heavy atom. The van der Waals surface area contributed by atoms with E-state index in [4.69, 9.17) is 4.74 Å². The summed E-state index contributed by atoms with van der Waals surface area (Å²) in [6.07, 6.45) is 0. The number of hydrogen-bond donors (Lipinski definition) is 1. The monoisotopic (exact) mass is 309 g/mol. The van der Waals surface area contributed by atoms with E-state index in [1.807, 2.05) is 37.3 Å². The number of amides is 1. The van der Waals surface area contributed by atoms with Gasteiger partial charge in [0, 0.05) is 5.56 Å². The molecule has 0 saturated heterocycles. The molecule has 0 aliphatic rings. The normalized spacial score (nSPS) is 11.4. The second kappa shape index (κ2) is 7.40. The maximum Gasteiger partial charge on any atom is 0.354 e. The Morgan fingerprint density at radius 3 is 2.09 bits per heavy atom. The third-order valence-corrected chi connectivity index (χ3v) is 3.52. The average Bonchev–Trinajstić information content (AvgIpc) is 2.59. The third-order valence-electron chi connectivity index (χ3n) is 3.52. The van der Waals surface area contributed by atoms with Gasteiger partial charge in [0.05, 0.1) is 7.11 Å². The number of benzene rings is 2. The van der Waals surface area contributed by atoms with Crippen LogP contribution in [0, 0.1) is 6.92 Å². The van der Waals surface area contributed by atoms with Gasteiger partial charge in [-0.2, -0.15) is 0 Å². The van der Waals surface area contributed by atoms with Crippen LogP contribution in [0.15, 0.2) is 60.3 Å². The van der Waals surface area contributed by atoms with E-state index in [0.29, 0.717) is 11.1 Å². The van der Waals surface area contributed by atoms with E-state index < -0.39 is 5.97 Å². The number of esters is 1. The number of hydrogen-bond acceptors (Lipinski definition) is 3. The minimum absolute atomic E-state index is 0.144. The summed E-state index contributed by atoms with van der Waals surface area (Å²) in [6, 6.07) is 16.4. The first-order valence-corrected chi connectivity index (χ1v) is 7.25. The van der Waals surface area contributed by atoms with Gasteiger partial charge in [-0.15, -0.1) is 0 Å². The molecule has 0 saturated carbocycles. The standard InChI is InChI=1S/C19H19NO3/c1-13-9-11-15(12-10-13)14(2)17(19(22)23-3)20-18(21)16-7-5-4-6-8-16/h4-12H,1-3H3,(H,20,21)/b17-14-. The predicted octanol–water partition coefficient (Wildman–Crippen LogP) is 3.33. The van der Waals surface area contributed by atoms with Crippen molar-refractivity contribution in [1.82, 2.24) is 5.32 Å².